The summed E-state index contributed by atoms with van der Waals surface area (Å²) in [6, 6.07) is 13.5. The summed E-state index contributed by atoms with van der Waals surface area (Å²) in [6.07, 6.45) is 6.37. The Balaban J connectivity index is 1.58. The van der Waals surface area contributed by atoms with Gasteiger partial charge in [-0.15, -0.1) is 0 Å². The minimum Gasteiger partial charge on any atom is -0.497 e. The normalized spacial score (nSPS) is 15.0. The first kappa shape index (κ1) is 19.4. The lowest BCUT2D eigenvalue weighted by Crippen LogP contribution is -2.14. The molecule has 0 aliphatic heterocycles. The van der Waals surface area contributed by atoms with Gasteiger partial charge in [-0.2, -0.15) is 0 Å². The lowest BCUT2D eigenvalue weighted by Gasteiger charge is -2.09. The number of rotatable bonds is 4. The zero-order valence-corrected chi connectivity index (χ0v) is 17.1. The molecule has 3 N–H and O–H groups in total. The number of ether oxygens (including phenoxy) is 1. The summed E-state index contributed by atoms with van der Waals surface area (Å²) in [6.45, 7) is 0. The second-order valence-electron chi connectivity index (χ2n) is 7.06. The van der Waals surface area contributed by atoms with Gasteiger partial charge < -0.3 is 10.5 Å². The molecule has 1 aliphatic carbocycles. The molecule has 7 heteroatoms. The van der Waals surface area contributed by atoms with E-state index in [0.29, 0.717) is 21.9 Å². The number of hydrogen-bond acceptors (Lipinski definition) is 6. The summed E-state index contributed by atoms with van der Waals surface area (Å²) >= 11 is 1.24. The van der Waals surface area contributed by atoms with Crippen LogP contribution in [-0.4, -0.2) is 27.3 Å². The van der Waals surface area contributed by atoms with E-state index in [1.54, 1.807) is 13.2 Å². The van der Waals surface area contributed by atoms with Crippen LogP contribution in [0.3, 0.4) is 0 Å². The number of nitrogens with two attached hydrogens (primary N) is 1. The third-order valence-corrected chi connectivity index (χ3v) is 5.94. The average Bonchev–Trinajstić information content (AvgIpc) is 3.28. The third kappa shape index (κ3) is 4.56. The highest BCUT2D eigenvalue weighted by Gasteiger charge is 2.21. The Labute approximate surface area is 174 Å². The van der Waals surface area contributed by atoms with Crippen molar-refractivity contribution in [3.05, 3.63) is 48.7 Å². The zero-order chi connectivity index (χ0) is 20.2. The number of pyridine rings is 2. The average molecular weight is 406 g/mol. The molecule has 0 radical (unpaired) electrons. The van der Waals surface area contributed by atoms with Gasteiger partial charge in [0.15, 0.2) is 11.0 Å². The van der Waals surface area contributed by atoms with Gasteiger partial charge in [-0.1, -0.05) is 25.0 Å². The molecule has 0 atom stereocenters. The topological polar surface area (TPSA) is 97.2 Å². The first-order valence-electron chi connectivity index (χ1n) is 9.64. The Morgan fingerprint density at radius 2 is 1.97 bits per heavy atom. The third-order valence-electron chi connectivity index (χ3n) is 5.09. The minimum atomic E-state index is 0.327. The van der Waals surface area contributed by atoms with Crippen LogP contribution in [0.15, 0.2) is 53.7 Å². The van der Waals surface area contributed by atoms with Gasteiger partial charge in [0.1, 0.15) is 5.75 Å². The minimum absolute atomic E-state index is 0.327. The first-order valence-corrected chi connectivity index (χ1v) is 10.5. The number of amidine groups is 1. The maximum atomic E-state index is 8.23. The second-order valence-corrected chi connectivity index (χ2v) is 8.12. The number of aliphatic imine (C=N–C) groups is 1. The van der Waals surface area contributed by atoms with E-state index in [0.717, 1.165) is 40.8 Å². The highest BCUT2D eigenvalue weighted by Crippen LogP contribution is 2.30. The van der Waals surface area contributed by atoms with Crippen LogP contribution in [0.5, 0.6) is 5.75 Å². The van der Waals surface area contributed by atoms with Gasteiger partial charge in [-0.3, -0.25) is 10.4 Å². The Morgan fingerprint density at radius 3 is 2.76 bits per heavy atom. The van der Waals surface area contributed by atoms with Crippen LogP contribution in [0.2, 0.25) is 0 Å². The molecule has 4 rings (SSSR count). The zero-order valence-electron chi connectivity index (χ0n) is 16.3. The van der Waals surface area contributed by atoms with E-state index in [1.165, 1.54) is 24.6 Å². The van der Waals surface area contributed by atoms with Gasteiger partial charge in [-0.05, 0) is 60.5 Å². The molecule has 0 saturated heterocycles. The number of methoxy groups -OCH3 is 1. The van der Waals surface area contributed by atoms with Crippen molar-refractivity contribution in [3.8, 4) is 16.9 Å². The number of nitrogens with one attached hydrogen (secondary N) is 1. The summed E-state index contributed by atoms with van der Waals surface area (Å²) in [5.74, 6) is 1.64. The highest BCUT2D eigenvalue weighted by atomic mass is 32.2. The fraction of sp³-hybridized carbons (Fsp3) is 0.273. The van der Waals surface area contributed by atoms with Crippen LogP contribution >= 0.6 is 11.8 Å². The standard InChI is InChI=1S/C22H23N5OS/c1-28-17-8-4-7-15(11-17)16-12-19-18(25-13-16)9-10-20(26-19)27-22(24)29-21(23)14-5-2-3-6-14/h4,7-14,23H,2-3,5-6H2,1H3,(H2,24,26,27). The molecular weight excluding hydrogens is 382 g/mol. The van der Waals surface area contributed by atoms with Crippen molar-refractivity contribution in [2.45, 2.75) is 25.7 Å². The van der Waals surface area contributed by atoms with Crippen molar-refractivity contribution in [1.82, 2.24) is 9.97 Å². The SMILES string of the molecule is COc1cccc(-c2cnc3ccc(N=C(N)SC(=N)C4CCCC4)nc3c2)c1. The molecule has 3 aromatic rings. The van der Waals surface area contributed by atoms with E-state index in [-0.39, 0.29) is 0 Å². The maximum Gasteiger partial charge on any atom is 0.166 e. The first-order chi connectivity index (χ1) is 14.1. The van der Waals surface area contributed by atoms with Gasteiger partial charge in [0.2, 0.25) is 0 Å². The van der Waals surface area contributed by atoms with E-state index in [1.807, 2.05) is 42.6 Å². The summed E-state index contributed by atoms with van der Waals surface area (Å²) in [5, 5.41) is 9.19. The van der Waals surface area contributed by atoms with Crippen molar-refractivity contribution in [2.24, 2.45) is 16.6 Å². The fourth-order valence-corrected chi connectivity index (χ4v) is 4.31. The van der Waals surface area contributed by atoms with Crippen LogP contribution in [0.1, 0.15) is 25.7 Å². The Hall–Kier alpha value is -2.93. The van der Waals surface area contributed by atoms with Crippen LogP contribution in [0.25, 0.3) is 22.2 Å². The number of benzene rings is 1. The van der Waals surface area contributed by atoms with Crippen molar-refractivity contribution < 1.29 is 4.74 Å². The maximum absolute atomic E-state index is 8.23. The van der Waals surface area contributed by atoms with Gasteiger partial charge >= 0.3 is 0 Å². The molecule has 0 amide bonds. The van der Waals surface area contributed by atoms with Crippen molar-refractivity contribution in [1.29, 1.82) is 5.41 Å². The molecule has 6 nitrogen and oxygen atoms in total. The molecule has 29 heavy (non-hydrogen) atoms. The van der Waals surface area contributed by atoms with Crippen LogP contribution in [0.4, 0.5) is 5.82 Å². The molecule has 1 fully saturated rings. The van der Waals surface area contributed by atoms with E-state index < -0.39 is 0 Å². The second kappa shape index (κ2) is 8.61. The molecule has 2 aromatic heterocycles. The molecule has 1 saturated carbocycles. The lowest BCUT2D eigenvalue weighted by molar-refractivity contribution is 0.415. The molecule has 0 spiro atoms. The number of fused-ring (bicyclic) bond motifs is 1. The Kier molecular flexibility index (Phi) is 5.76. The summed E-state index contributed by atoms with van der Waals surface area (Å²) in [4.78, 5) is 13.5. The monoisotopic (exact) mass is 405 g/mol. The number of nitrogens with zero attached hydrogens (tertiary/aromatic N) is 3. The predicted molar refractivity (Wildman–Crippen MR) is 120 cm³/mol. The fourth-order valence-electron chi connectivity index (χ4n) is 3.54. The molecule has 1 aromatic carbocycles. The van der Waals surface area contributed by atoms with Crippen molar-refractivity contribution >= 4 is 38.8 Å². The quantitative estimate of drug-likeness (QED) is 0.462. The molecule has 2 heterocycles. The number of aromatic nitrogens is 2. The van der Waals surface area contributed by atoms with Crippen LogP contribution in [-0.2, 0) is 0 Å². The van der Waals surface area contributed by atoms with Crippen LogP contribution in [0, 0.1) is 11.3 Å². The van der Waals surface area contributed by atoms with Gasteiger partial charge in [0.25, 0.3) is 0 Å². The Bertz CT molecular complexity index is 1080. The lowest BCUT2D eigenvalue weighted by atomic mass is 10.1. The van der Waals surface area contributed by atoms with Crippen molar-refractivity contribution in [3.63, 3.8) is 0 Å². The van der Waals surface area contributed by atoms with Crippen molar-refractivity contribution in [2.75, 3.05) is 7.11 Å². The summed E-state index contributed by atoms with van der Waals surface area (Å²) in [5.41, 5.74) is 9.57. The molecule has 1 aliphatic rings. The van der Waals surface area contributed by atoms with Crippen LogP contribution < -0.4 is 10.5 Å². The van der Waals surface area contributed by atoms with Gasteiger partial charge in [-0.25, -0.2) is 9.98 Å². The van der Waals surface area contributed by atoms with Gasteiger partial charge in [0.05, 0.1) is 23.2 Å². The van der Waals surface area contributed by atoms with E-state index in [4.69, 9.17) is 15.9 Å². The van der Waals surface area contributed by atoms with E-state index >= 15 is 0 Å². The molecular formula is C22H23N5OS. The van der Waals surface area contributed by atoms with Gasteiger partial charge in [0, 0.05) is 17.7 Å². The largest absolute Gasteiger partial charge is 0.497 e. The predicted octanol–water partition coefficient (Wildman–Crippen LogP) is 5.15. The number of thioether (sulfide) groups is 1. The molecule has 0 unspecified atom stereocenters. The smallest absolute Gasteiger partial charge is 0.166 e. The number of hydrogen-bond donors (Lipinski definition) is 2. The van der Waals surface area contributed by atoms with E-state index in [2.05, 4.69) is 15.0 Å². The highest BCUT2D eigenvalue weighted by molar-refractivity contribution is 8.26. The Morgan fingerprint density at radius 1 is 1.14 bits per heavy atom. The summed E-state index contributed by atoms with van der Waals surface area (Å²) in [7, 11) is 1.65. The molecule has 0 bridgehead atoms. The molecule has 148 valence electrons. The summed E-state index contributed by atoms with van der Waals surface area (Å²) < 4.78 is 5.31. The van der Waals surface area contributed by atoms with E-state index in [9.17, 15) is 0 Å².